The van der Waals surface area contributed by atoms with Crippen molar-refractivity contribution >= 4 is 17.3 Å². The second kappa shape index (κ2) is 5.07. The number of aliphatic hydroxyl groups excluding tert-OH is 1. The van der Waals surface area contributed by atoms with Crippen molar-refractivity contribution in [3.8, 4) is 0 Å². The van der Waals surface area contributed by atoms with E-state index in [0.717, 1.165) is 5.69 Å². The summed E-state index contributed by atoms with van der Waals surface area (Å²) in [7, 11) is 0. The summed E-state index contributed by atoms with van der Waals surface area (Å²) < 4.78 is 0. The van der Waals surface area contributed by atoms with Gasteiger partial charge in [0.15, 0.2) is 0 Å². The topological polar surface area (TPSA) is 58.3 Å². The first-order valence-corrected chi connectivity index (χ1v) is 4.48. The maximum Gasteiger partial charge on any atom is 0.0834 e. The third-order valence-corrected chi connectivity index (χ3v) is 2.00. The number of aliphatic hydroxyl groups is 1. The lowest BCUT2D eigenvalue weighted by atomic mass is 10.3. The minimum absolute atomic E-state index is 0.247. The van der Waals surface area contributed by atoms with Crippen molar-refractivity contribution in [2.45, 2.75) is 6.10 Å². The van der Waals surface area contributed by atoms with E-state index in [1.165, 1.54) is 0 Å². The lowest BCUT2D eigenvalue weighted by Crippen LogP contribution is -2.27. The summed E-state index contributed by atoms with van der Waals surface area (Å²) in [5.74, 6) is 0. The molecule has 0 amide bonds. The van der Waals surface area contributed by atoms with Crippen LogP contribution in [-0.2, 0) is 0 Å². The van der Waals surface area contributed by atoms with Crippen molar-refractivity contribution < 1.29 is 5.11 Å². The van der Waals surface area contributed by atoms with Crippen LogP contribution in [0.4, 0.5) is 5.69 Å². The molecule has 1 aromatic carbocycles. The van der Waals surface area contributed by atoms with Gasteiger partial charge in [-0.05, 0) is 12.1 Å². The van der Waals surface area contributed by atoms with Gasteiger partial charge in [-0.25, -0.2) is 0 Å². The minimum Gasteiger partial charge on any atom is -0.390 e. The van der Waals surface area contributed by atoms with Crippen LogP contribution in [0.15, 0.2) is 24.3 Å². The fourth-order valence-corrected chi connectivity index (χ4v) is 1.12. The molecule has 0 aliphatic rings. The molecule has 0 aliphatic heterocycles. The van der Waals surface area contributed by atoms with Crippen molar-refractivity contribution in [1.82, 2.24) is 0 Å². The summed E-state index contributed by atoms with van der Waals surface area (Å²) in [6, 6.07) is 7.38. The maximum atomic E-state index is 9.18. The molecule has 4 heteroatoms. The van der Waals surface area contributed by atoms with Gasteiger partial charge in [0.25, 0.3) is 0 Å². The van der Waals surface area contributed by atoms with Gasteiger partial charge in [-0.15, -0.1) is 0 Å². The number of benzene rings is 1. The summed E-state index contributed by atoms with van der Waals surface area (Å²) in [6.45, 7) is 0.664. The van der Waals surface area contributed by atoms with Crippen LogP contribution in [0.1, 0.15) is 0 Å². The molecule has 0 spiro atoms. The highest BCUT2D eigenvalue weighted by Crippen LogP contribution is 2.19. The number of hydrogen-bond acceptors (Lipinski definition) is 3. The van der Waals surface area contributed by atoms with E-state index < -0.39 is 6.10 Å². The number of nitrogens with two attached hydrogens (primary N) is 1. The van der Waals surface area contributed by atoms with Crippen LogP contribution in [0.2, 0.25) is 5.02 Å². The van der Waals surface area contributed by atoms with E-state index in [0.29, 0.717) is 11.6 Å². The van der Waals surface area contributed by atoms with E-state index in [-0.39, 0.29) is 6.54 Å². The van der Waals surface area contributed by atoms with Crippen molar-refractivity contribution in [2.24, 2.45) is 5.73 Å². The number of halogens is 1. The first-order chi connectivity index (χ1) is 6.24. The Balaban J connectivity index is 2.50. The van der Waals surface area contributed by atoms with Crippen LogP contribution >= 0.6 is 11.6 Å². The average Bonchev–Trinajstić information content (AvgIpc) is 2.16. The van der Waals surface area contributed by atoms with Crippen molar-refractivity contribution in [3.63, 3.8) is 0 Å². The van der Waals surface area contributed by atoms with Gasteiger partial charge in [0.1, 0.15) is 0 Å². The summed E-state index contributed by atoms with van der Waals surface area (Å²) in [5, 5.41) is 12.8. The molecule has 0 unspecified atom stereocenters. The number of hydrogen-bond donors (Lipinski definition) is 3. The molecular weight excluding hydrogens is 188 g/mol. The molecule has 0 aromatic heterocycles. The van der Waals surface area contributed by atoms with E-state index in [9.17, 15) is 5.11 Å². The molecule has 3 nitrogen and oxygen atoms in total. The van der Waals surface area contributed by atoms with Crippen molar-refractivity contribution in [1.29, 1.82) is 0 Å². The van der Waals surface area contributed by atoms with Crippen LogP contribution in [0, 0.1) is 0 Å². The Morgan fingerprint density at radius 2 is 2.15 bits per heavy atom. The molecule has 1 aromatic rings. The second-order valence-electron chi connectivity index (χ2n) is 2.75. The van der Waals surface area contributed by atoms with E-state index >= 15 is 0 Å². The van der Waals surface area contributed by atoms with Gasteiger partial charge >= 0.3 is 0 Å². The molecule has 1 rings (SSSR count). The number of para-hydroxylation sites is 1. The molecule has 0 radical (unpaired) electrons. The number of rotatable bonds is 4. The van der Waals surface area contributed by atoms with E-state index in [1.54, 1.807) is 6.07 Å². The molecule has 72 valence electrons. The molecule has 0 bridgehead atoms. The fourth-order valence-electron chi connectivity index (χ4n) is 0.916. The first-order valence-electron chi connectivity index (χ1n) is 4.10. The van der Waals surface area contributed by atoms with Crippen LogP contribution in [-0.4, -0.2) is 24.3 Å². The lowest BCUT2D eigenvalue weighted by Gasteiger charge is -2.11. The third kappa shape index (κ3) is 3.22. The zero-order valence-corrected chi connectivity index (χ0v) is 7.96. The van der Waals surface area contributed by atoms with Gasteiger partial charge in [0, 0.05) is 13.1 Å². The van der Waals surface area contributed by atoms with Crippen LogP contribution in [0.25, 0.3) is 0 Å². The molecule has 4 N–H and O–H groups in total. The predicted octanol–water partition coefficient (Wildman–Crippen LogP) is 1.07. The van der Waals surface area contributed by atoms with Crippen LogP contribution in [0.5, 0.6) is 0 Å². The standard InChI is InChI=1S/C9H13ClN2O/c10-8-3-1-2-4-9(8)12-6-7(13)5-11/h1-4,7,12-13H,5-6,11H2/t7-/m1/s1. The van der Waals surface area contributed by atoms with Gasteiger partial charge < -0.3 is 16.2 Å². The lowest BCUT2D eigenvalue weighted by molar-refractivity contribution is 0.196. The monoisotopic (exact) mass is 200 g/mol. The summed E-state index contributed by atoms with van der Waals surface area (Å²) in [6.07, 6.45) is -0.531. The van der Waals surface area contributed by atoms with Crippen LogP contribution < -0.4 is 11.1 Å². The normalized spacial score (nSPS) is 12.5. The summed E-state index contributed by atoms with van der Waals surface area (Å²) in [4.78, 5) is 0. The summed E-state index contributed by atoms with van der Waals surface area (Å²) in [5.41, 5.74) is 6.07. The highest BCUT2D eigenvalue weighted by atomic mass is 35.5. The van der Waals surface area contributed by atoms with Crippen LogP contribution in [0.3, 0.4) is 0 Å². The smallest absolute Gasteiger partial charge is 0.0834 e. The SMILES string of the molecule is NC[C@@H](O)CNc1ccccc1Cl. The maximum absolute atomic E-state index is 9.18. The van der Waals surface area contributed by atoms with E-state index in [1.807, 2.05) is 18.2 Å². The third-order valence-electron chi connectivity index (χ3n) is 1.67. The minimum atomic E-state index is -0.531. The highest BCUT2D eigenvalue weighted by Gasteiger charge is 2.02. The number of nitrogens with one attached hydrogen (secondary N) is 1. The Morgan fingerprint density at radius 3 is 2.77 bits per heavy atom. The van der Waals surface area contributed by atoms with E-state index in [2.05, 4.69) is 5.32 Å². The zero-order valence-electron chi connectivity index (χ0n) is 7.20. The molecule has 0 heterocycles. The Morgan fingerprint density at radius 1 is 1.46 bits per heavy atom. The average molecular weight is 201 g/mol. The number of anilines is 1. The molecule has 13 heavy (non-hydrogen) atoms. The molecule has 1 atom stereocenters. The van der Waals surface area contributed by atoms with Gasteiger partial charge in [-0.1, -0.05) is 23.7 Å². The molecular formula is C9H13ClN2O. The summed E-state index contributed by atoms with van der Waals surface area (Å²) >= 11 is 5.88. The Labute approximate surface area is 82.5 Å². The Bertz CT molecular complexity index is 268. The quantitative estimate of drug-likeness (QED) is 0.682. The zero-order chi connectivity index (χ0) is 9.68. The molecule has 0 saturated heterocycles. The predicted molar refractivity (Wildman–Crippen MR) is 55.0 cm³/mol. The van der Waals surface area contributed by atoms with Crippen molar-refractivity contribution in [3.05, 3.63) is 29.3 Å². The molecule has 0 saturated carbocycles. The second-order valence-corrected chi connectivity index (χ2v) is 3.16. The fraction of sp³-hybridized carbons (Fsp3) is 0.333. The Kier molecular flexibility index (Phi) is 4.02. The van der Waals surface area contributed by atoms with Gasteiger partial charge in [0.05, 0.1) is 16.8 Å². The molecule has 0 fully saturated rings. The largest absolute Gasteiger partial charge is 0.390 e. The highest BCUT2D eigenvalue weighted by molar-refractivity contribution is 6.33. The van der Waals surface area contributed by atoms with Gasteiger partial charge in [-0.3, -0.25) is 0 Å². The first kappa shape index (κ1) is 10.3. The van der Waals surface area contributed by atoms with Gasteiger partial charge in [-0.2, -0.15) is 0 Å². The van der Waals surface area contributed by atoms with Gasteiger partial charge in [0.2, 0.25) is 0 Å². The van der Waals surface area contributed by atoms with E-state index in [4.69, 9.17) is 17.3 Å². The molecule has 0 aliphatic carbocycles. The Hall–Kier alpha value is -0.770. The van der Waals surface area contributed by atoms with Crippen molar-refractivity contribution in [2.75, 3.05) is 18.4 Å².